The zero-order chi connectivity index (χ0) is 32.3. The SMILES string of the molecule is CC1(c2ccc3c(c2)c2ccccc2n3-c2nc(-c3ccccc3)c3ccccc3n2)C=c2cccc3c2=C(C1)c1sc2ccccc2c1-3. The van der Waals surface area contributed by atoms with Crippen LogP contribution in [0.2, 0.25) is 0 Å². The van der Waals surface area contributed by atoms with Gasteiger partial charge in [0.1, 0.15) is 0 Å². The van der Waals surface area contributed by atoms with Crippen LogP contribution in [0.5, 0.6) is 0 Å². The summed E-state index contributed by atoms with van der Waals surface area (Å²) in [6.07, 6.45) is 3.49. The quantitative estimate of drug-likeness (QED) is 0.192. The van der Waals surface area contributed by atoms with Crippen molar-refractivity contribution in [2.75, 3.05) is 0 Å². The summed E-state index contributed by atoms with van der Waals surface area (Å²) < 4.78 is 3.62. The fourth-order valence-corrected chi connectivity index (χ4v) is 9.78. The predicted octanol–water partition coefficient (Wildman–Crippen LogP) is 9.93. The Morgan fingerprint density at radius 1 is 0.653 bits per heavy atom. The average Bonchev–Trinajstić information content (AvgIpc) is 3.79. The van der Waals surface area contributed by atoms with Gasteiger partial charge in [0.05, 0.1) is 22.2 Å². The lowest BCUT2D eigenvalue weighted by molar-refractivity contribution is 0.647. The number of thiophene rings is 1. The van der Waals surface area contributed by atoms with Gasteiger partial charge in [0.25, 0.3) is 0 Å². The summed E-state index contributed by atoms with van der Waals surface area (Å²) in [4.78, 5) is 11.9. The number of hydrogen-bond donors (Lipinski definition) is 0. The van der Waals surface area contributed by atoms with Crippen molar-refractivity contribution in [3.63, 3.8) is 0 Å². The summed E-state index contributed by atoms with van der Waals surface area (Å²) in [6, 6.07) is 50.3. The van der Waals surface area contributed by atoms with E-state index < -0.39 is 0 Å². The van der Waals surface area contributed by atoms with Crippen molar-refractivity contribution >= 4 is 65.8 Å². The number of benzene rings is 6. The minimum absolute atomic E-state index is 0.171. The lowest BCUT2D eigenvalue weighted by Crippen LogP contribution is -2.37. The maximum absolute atomic E-state index is 5.27. The van der Waals surface area contributed by atoms with E-state index in [9.17, 15) is 0 Å². The molecule has 2 aliphatic rings. The van der Waals surface area contributed by atoms with Gasteiger partial charge in [-0.2, -0.15) is 0 Å². The van der Waals surface area contributed by atoms with E-state index in [2.05, 4.69) is 151 Å². The summed E-state index contributed by atoms with van der Waals surface area (Å²) >= 11 is 1.95. The largest absolute Gasteiger partial charge is 0.278 e. The van der Waals surface area contributed by atoms with Gasteiger partial charge in [-0.25, -0.2) is 9.97 Å². The first-order valence-electron chi connectivity index (χ1n) is 16.9. The normalized spacial score (nSPS) is 16.4. The molecule has 9 aromatic rings. The molecule has 0 amide bonds. The molecule has 3 aromatic heterocycles. The molecule has 3 heterocycles. The van der Waals surface area contributed by atoms with Gasteiger partial charge in [0.15, 0.2) is 0 Å². The third-order valence-electron chi connectivity index (χ3n) is 10.7. The zero-order valence-corrected chi connectivity index (χ0v) is 27.6. The molecule has 0 bridgehead atoms. The topological polar surface area (TPSA) is 30.7 Å². The Labute approximate surface area is 286 Å². The van der Waals surface area contributed by atoms with E-state index in [1.54, 1.807) is 0 Å². The lowest BCUT2D eigenvalue weighted by atomic mass is 9.73. The van der Waals surface area contributed by atoms with Gasteiger partial charge in [-0.05, 0) is 63.9 Å². The van der Waals surface area contributed by atoms with Gasteiger partial charge in [0, 0.05) is 47.7 Å². The summed E-state index contributed by atoms with van der Waals surface area (Å²) in [7, 11) is 0. The molecular weight excluding hydrogens is 615 g/mol. The van der Waals surface area contributed by atoms with Crippen LogP contribution in [0, 0.1) is 0 Å². The summed E-state index contributed by atoms with van der Waals surface area (Å²) in [5, 5.41) is 7.64. The van der Waals surface area contributed by atoms with Crippen LogP contribution in [0.4, 0.5) is 0 Å². The Kier molecular flexibility index (Phi) is 5.46. The third kappa shape index (κ3) is 3.78. The van der Waals surface area contributed by atoms with Crippen molar-refractivity contribution in [1.29, 1.82) is 0 Å². The molecule has 2 aliphatic carbocycles. The van der Waals surface area contributed by atoms with Gasteiger partial charge in [-0.3, -0.25) is 4.57 Å². The van der Waals surface area contributed by atoms with Gasteiger partial charge in [-0.1, -0.05) is 122 Å². The number of aromatic nitrogens is 3. The van der Waals surface area contributed by atoms with Crippen LogP contribution in [0.15, 0.2) is 140 Å². The van der Waals surface area contributed by atoms with E-state index in [1.807, 2.05) is 17.4 Å². The molecule has 6 aromatic carbocycles. The van der Waals surface area contributed by atoms with E-state index in [0.717, 1.165) is 39.6 Å². The molecule has 0 aliphatic heterocycles. The lowest BCUT2D eigenvalue weighted by Gasteiger charge is -2.30. The number of rotatable bonds is 3. The molecule has 11 rings (SSSR count). The van der Waals surface area contributed by atoms with E-state index in [0.29, 0.717) is 5.95 Å². The first-order valence-corrected chi connectivity index (χ1v) is 17.7. The molecule has 1 atom stereocenters. The summed E-state index contributed by atoms with van der Waals surface area (Å²) in [5.41, 5.74) is 10.6. The first kappa shape index (κ1) is 27.1. The molecule has 49 heavy (non-hydrogen) atoms. The molecule has 1 unspecified atom stereocenters. The van der Waals surface area contributed by atoms with Crippen LogP contribution >= 0.6 is 11.3 Å². The molecule has 0 N–H and O–H groups in total. The number of nitrogens with zero attached hydrogens (tertiary/aromatic N) is 3. The van der Waals surface area contributed by atoms with Crippen molar-refractivity contribution in [1.82, 2.24) is 14.5 Å². The van der Waals surface area contributed by atoms with Crippen LogP contribution in [0.3, 0.4) is 0 Å². The van der Waals surface area contributed by atoms with E-state index in [-0.39, 0.29) is 5.41 Å². The smallest absolute Gasteiger partial charge is 0.235 e. The van der Waals surface area contributed by atoms with Crippen LogP contribution in [0.25, 0.3) is 82.8 Å². The highest BCUT2D eigenvalue weighted by Gasteiger charge is 2.35. The molecule has 0 spiro atoms. The monoisotopic (exact) mass is 643 g/mol. The molecular formula is C45H29N3S. The van der Waals surface area contributed by atoms with Crippen LogP contribution < -0.4 is 10.4 Å². The molecule has 0 fully saturated rings. The maximum atomic E-state index is 5.27. The second-order valence-corrected chi connectivity index (χ2v) is 14.7. The second-order valence-electron chi connectivity index (χ2n) is 13.6. The second kappa shape index (κ2) is 9.85. The highest BCUT2D eigenvalue weighted by molar-refractivity contribution is 7.20. The highest BCUT2D eigenvalue weighted by Crippen LogP contribution is 2.49. The molecule has 0 radical (unpaired) electrons. The highest BCUT2D eigenvalue weighted by atomic mass is 32.1. The zero-order valence-electron chi connectivity index (χ0n) is 26.8. The van der Waals surface area contributed by atoms with E-state index in [1.165, 1.54) is 58.4 Å². The Balaban J connectivity index is 1.11. The molecule has 3 nitrogen and oxygen atoms in total. The Morgan fingerprint density at radius 3 is 2.31 bits per heavy atom. The van der Waals surface area contributed by atoms with Gasteiger partial charge in [-0.15, -0.1) is 11.3 Å². The maximum Gasteiger partial charge on any atom is 0.235 e. The van der Waals surface area contributed by atoms with E-state index >= 15 is 0 Å². The van der Waals surface area contributed by atoms with Crippen molar-refractivity contribution in [2.24, 2.45) is 0 Å². The number of fused-ring (bicyclic) bond motifs is 9. The third-order valence-corrected chi connectivity index (χ3v) is 12.0. The first-order chi connectivity index (χ1) is 24.1. The fraction of sp³-hybridized carbons (Fsp3) is 0.0667. The minimum atomic E-state index is -0.171. The average molecular weight is 644 g/mol. The van der Waals surface area contributed by atoms with Gasteiger partial charge < -0.3 is 0 Å². The van der Waals surface area contributed by atoms with E-state index in [4.69, 9.17) is 9.97 Å². The van der Waals surface area contributed by atoms with Gasteiger partial charge in [0.2, 0.25) is 5.95 Å². The Bertz CT molecular complexity index is 2990. The predicted molar refractivity (Wildman–Crippen MR) is 205 cm³/mol. The molecule has 0 saturated heterocycles. The summed E-state index contributed by atoms with van der Waals surface area (Å²) in [6.45, 7) is 2.42. The van der Waals surface area contributed by atoms with Crippen molar-refractivity contribution in [3.05, 3.63) is 160 Å². The molecule has 4 heteroatoms. The fourth-order valence-electron chi connectivity index (χ4n) is 8.51. The number of para-hydroxylation sites is 2. The Morgan fingerprint density at radius 2 is 1.41 bits per heavy atom. The van der Waals surface area contributed by atoms with Crippen LogP contribution in [0.1, 0.15) is 23.8 Å². The Hall–Kier alpha value is -5.84. The minimum Gasteiger partial charge on any atom is -0.278 e. The molecule has 230 valence electrons. The van der Waals surface area contributed by atoms with Crippen molar-refractivity contribution in [2.45, 2.75) is 18.8 Å². The van der Waals surface area contributed by atoms with Crippen LogP contribution in [-0.4, -0.2) is 14.5 Å². The van der Waals surface area contributed by atoms with Gasteiger partial charge >= 0.3 is 0 Å². The summed E-state index contributed by atoms with van der Waals surface area (Å²) in [5.74, 6) is 0.687. The molecule has 0 saturated carbocycles. The van der Waals surface area contributed by atoms with Crippen molar-refractivity contribution < 1.29 is 0 Å². The standard InChI is InChI=1S/C45H29N3S/c1-45(25-28-14-11-18-33-40(28)35(26-45)43-41(33)32-17-7-10-21-39(32)49-43)29-22-23-38-34(24-29)30-15-6-9-20-37(30)48(38)44-46-36-19-8-5-16-31(36)42(47-44)27-12-3-2-4-13-27/h2-25H,26H2,1H3. The van der Waals surface area contributed by atoms with Crippen LogP contribution in [-0.2, 0) is 5.41 Å². The number of hydrogen-bond acceptors (Lipinski definition) is 3. The van der Waals surface area contributed by atoms with Crippen molar-refractivity contribution in [3.8, 4) is 28.3 Å².